The van der Waals surface area contributed by atoms with Crippen molar-refractivity contribution in [1.82, 2.24) is 15.2 Å². The average Bonchev–Trinajstić information content (AvgIpc) is 3.06. The van der Waals surface area contributed by atoms with E-state index in [4.69, 9.17) is 4.74 Å². The summed E-state index contributed by atoms with van der Waals surface area (Å²) in [7, 11) is 0. The fraction of sp³-hybridized carbons (Fsp3) is 0.500. The molecule has 1 unspecified atom stereocenters. The third-order valence-corrected chi connectivity index (χ3v) is 4.09. The minimum Gasteiger partial charge on any atom is -0.376 e. The SMILES string of the molecule is CC(C)(C)c1ccc(Nc2cnnc(NCC3CCCO3)n2)cc1. The lowest BCUT2D eigenvalue weighted by molar-refractivity contribution is 0.120. The number of ether oxygens (including phenoxy) is 1. The molecular weight excluding hydrogens is 302 g/mol. The highest BCUT2D eigenvalue weighted by atomic mass is 16.5. The number of anilines is 3. The molecule has 3 rings (SSSR count). The summed E-state index contributed by atoms with van der Waals surface area (Å²) in [6.07, 6.45) is 4.07. The Morgan fingerprint density at radius 3 is 2.67 bits per heavy atom. The third-order valence-electron chi connectivity index (χ3n) is 4.09. The second-order valence-corrected chi connectivity index (χ2v) is 7.13. The summed E-state index contributed by atoms with van der Waals surface area (Å²) in [6, 6.07) is 8.38. The van der Waals surface area contributed by atoms with Gasteiger partial charge in [0, 0.05) is 18.8 Å². The predicted molar refractivity (Wildman–Crippen MR) is 95.7 cm³/mol. The lowest BCUT2D eigenvalue weighted by atomic mass is 9.87. The zero-order valence-electron chi connectivity index (χ0n) is 14.5. The van der Waals surface area contributed by atoms with Gasteiger partial charge in [-0.15, -0.1) is 5.10 Å². The number of benzene rings is 1. The van der Waals surface area contributed by atoms with Crippen LogP contribution in [0.3, 0.4) is 0 Å². The predicted octanol–water partition coefficient (Wildman–Crippen LogP) is 3.50. The summed E-state index contributed by atoms with van der Waals surface area (Å²) in [4.78, 5) is 4.45. The number of nitrogens with one attached hydrogen (secondary N) is 2. The topological polar surface area (TPSA) is 72.0 Å². The van der Waals surface area contributed by atoms with Gasteiger partial charge in [0.2, 0.25) is 5.95 Å². The highest BCUT2D eigenvalue weighted by Crippen LogP contribution is 2.24. The van der Waals surface area contributed by atoms with E-state index in [1.165, 1.54) is 5.56 Å². The molecule has 1 saturated heterocycles. The van der Waals surface area contributed by atoms with Crippen molar-refractivity contribution in [3.63, 3.8) is 0 Å². The largest absolute Gasteiger partial charge is 0.376 e. The van der Waals surface area contributed by atoms with E-state index in [9.17, 15) is 0 Å². The number of nitrogens with zero attached hydrogens (tertiary/aromatic N) is 3. The van der Waals surface area contributed by atoms with Gasteiger partial charge in [-0.2, -0.15) is 10.1 Å². The Hall–Kier alpha value is -2.21. The minimum absolute atomic E-state index is 0.147. The van der Waals surface area contributed by atoms with Crippen molar-refractivity contribution in [2.75, 3.05) is 23.8 Å². The smallest absolute Gasteiger partial charge is 0.244 e. The van der Waals surface area contributed by atoms with Crippen molar-refractivity contribution in [3.05, 3.63) is 36.0 Å². The normalized spacial score (nSPS) is 17.7. The van der Waals surface area contributed by atoms with Crippen LogP contribution in [0.2, 0.25) is 0 Å². The lowest BCUT2D eigenvalue weighted by Gasteiger charge is -2.19. The molecule has 1 aromatic carbocycles. The maximum atomic E-state index is 5.59. The van der Waals surface area contributed by atoms with Crippen LogP contribution >= 0.6 is 0 Å². The van der Waals surface area contributed by atoms with Gasteiger partial charge in [-0.1, -0.05) is 32.9 Å². The Labute approximate surface area is 143 Å². The van der Waals surface area contributed by atoms with Crippen molar-refractivity contribution in [2.24, 2.45) is 0 Å². The van der Waals surface area contributed by atoms with Gasteiger partial charge >= 0.3 is 0 Å². The van der Waals surface area contributed by atoms with E-state index in [0.717, 1.165) is 25.1 Å². The summed E-state index contributed by atoms with van der Waals surface area (Å²) >= 11 is 0. The molecule has 0 aliphatic carbocycles. The highest BCUT2D eigenvalue weighted by molar-refractivity contribution is 5.56. The fourth-order valence-corrected chi connectivity index (χ4v) is 2.65. The zero-order chi connectivity index (χ0) is 17.0. The second kappa shape index (κ2) is 7.13. The van der Waals surface area contributed by atoms with E-state index in [0.29, 0.717) is 18.3 Å². The van der Waals surface area contributed by atoms with E-state index in [1.807, 2.05) is 0 Å². The summed E-state index contributed by atoms with van der Waals surface area (Å²) < 4.78 is 5.59. The minimum atomic E-state index is 0.147. The first-order valence-electron chi connectivity index (χ1n) is 8.43. The fourth-order valence-electron chi connectivity index (χ4n) is 2.65. The molecule has 2 N–H and O–H groups in total. The molecule has 0 saturated carbocycles. The Kier molecular flexibility index (Phi) is 4.94. The molecule has 0 bridgehead atoms. The molecule has 1 atom stereocenters. The Bertz CT molecular complexity index is 660. The summed E-state index contributed by atoms with van der Waals surface area (Å²) in [5, 5.41) is 14.5. The number of hydrogen-bond acceptors (Lipinski definition) is 6. The van der Waals surface area contributed by atoms with Gasteiger partial charge in [-0.05, 0) is 36.0 Å². The summed E-state index contributed by atoms with van der Waals surface area (Å²) in [6.45, 7) is 8.17. The van der Waals surface area contributed by atoms with Crippen molar-refractivity contribution >= 4 is 17.5 Å². The van der Waals surface area contributed by atoms with Crippen LogP contribution in [0.25, 0.3) is 0 Å². The first-order chi connectivity index (χ1) is 11.5. The highest BCUT2D eigenvalue weighted by Gasteiger charge is 2.16. The molecule has 1 aliphatic rings. The van der Waals surface area contributed by atoms with Crippen LogP contribution in [0, 0.1) is 0 Å². The van der Waals surface area contributed by atoms with Gasteiger partial charge in [0.25, 0.3) is 0 Å². The van der Waals surface area contributed by atoms with Gasteiger partial charge < -0.3 is 15.4 Å². The first-order valence-corrected chi connectivity index (χ1v) is 8.43. The molecule has 1 fully saturated rings. The zero-order valence-corrected chi connectivity index (χ0v) is 14.5. The van der Waals surface area contributed by atoms with Crippen LogP contribution in [0.5, 0.6) is 0 Å². The summed E-state index contributed by atoms with van der Waals surface area (Å²) in [5.74, 6) is 1.19. The Morgan fingerprint density at radius 2 is 2.00 bits per heavy atom. The van der Waals surface area contributed by atoms with Crippen LogP contribution in [0.15, 0.2) is 30.5 Å². The van der Waals surface area contributed by atoms with Crippen LogP contribution in [0.4, 0.5) is 17.5 Å². The van der Waals surface area contributed by atoms with Gasteiger partial charge in [-0.25, -0.2) is 0 Å². The van der Waals surface area contributed by atoms with Gasteiger partial charge in [0.1, 0.15) is 0 Å². The van der Waals surface area contributed by atoms with Crippen molar-refractivity contribution in [2.45, 2.75) is 45.1 Å². The molecule has 128 valence electrons. The molecule has 1 aromatic heterocycles. The van der Waals surface area contributed by atoms with Crippen LogP contribution in [-0.2, 0) is 10.2 Å². The maximum absolute atomic E-state index is 5.59. The Balaban J connectivity index is 1.61. The molecule has 2 aromatic rings. The standard InChI is InChI=1S/C18H25N5O/c1-18(2,3)13-6-8-14(9-7-13)21-16-12-20-23-17(22-16)19-11-15-5-4-10-24-15/h6-9,12,15H,4-5,10-11H2,1-3H3,(H2,19,21,22,23). The summed E-state index contributed by atoms with van der Waals surface area (Å²) in [5.41, 5.74) is 2.43. The average molecular weight is 327 g/mol. The molecule has 24 heavy (non-hydrogen) atoms. The quantitative estimate of drug-likeness (QED) is 0.876. The van der Waals surface area contributed by atoms with Gasteiger partial charge in [0.15, 0.2) is 5.82 Å². The first kappa shape index (κ1) is 16.6. The number of aromatic nitrogens is 3. The van der Waals surface area contributed by atoms with Gasteiger partial charge in [-0.3, -0.25) is 0 Å². The molecular formula is C18H25N5O. The van der Waals surface area contributed by atoms with E-state index >= 15 is 0 Å². The molecule has 6 nitrogen and oxygen atoms in total. The van der Waals surface area contributed by atoms with Crippen LogP contribution in [0.1, 0.15) is 39.2 Å². The van der Waals surface area contributed by atoms with Crippen LogP contribution < -0.4 is 10.6 Å². The number of rotatable bonds is 5. The van der Waals surface area contributed by atoms with Crippen molar-refractivity contribution < 1.29 is 4.74 Å². The molecule has 0 amide bonds. The van der Waals surface area contributed by atoms with Crippen LogP contribution in [-0.4, -0.2) is 34.4 Å². The molecule has 1 aliphatic heterocycles. The molecule has 0 spiro atoms. The molecule has 2 heterocycles. The van der Waals surface area contributed by atoms with E-state index in [-0.39, 0.29) is 11.5 Å². The second-order valence-electron chi connectivity index (χ2n) is 7.13. The monoisotopic (exact) mass is 327 g/mol. The van der Waals surface area contributed by atoms with E-state index in [2.05, 4.69) is 70.9 Å². The number of hydrogen-bond donors (Lipinski definition) is 2. The lowest BCUT2D eigenvalue weighted by Crippen LogP contribution is -2.20. The van der Waals surface area contributed by atoms with Gasteiger partial charge in [0.05, 0.1) is 12.3 Å². The maximum Gasteiger partial charge on any atom is 0.244 e. The molecule has 6 heteroatoms. The van der Waals surface area contributed by atoms with Crippen molar-refractivity contribution in [1.29, 1.82) is 0 Å². The van der Waals surface area contributed by atoms with Crippen molar-refractivity contribution in [3.8, 4) is 0 Å². The van der Waals surface area contributed by atoms with E-state index < -0.39 is 0 Å². The Morgan fingerprint density at radius 1 is 1.21 bits per heavy atom. The van der Waals surface area contributed by atoms with E-state index in [1.54, 1.807) is 6.20 Å². The molecule has 0 radical (unpaired) electrons. The third kappa shape index (κ3) is 4.41.